The van der Waals surface area contributed by atoms with E-state index in [2.05, 4.69) is 36.1 Å². The highest BCUT2D eigenvalue weighted by molar-refractivity contribution is 7.92. The minimum Gasteiger partial charge on any atom is -0.506 e. The van der Waals surface area contributed by atoms with Crippen LogP contribution in [0.4, 0.5) is 11.6 Å². The van der Waals surface area contributed by atoms with Gasteiger partial charge >= 0.3 is 0 Å². The van der Waals surface area contributed by atoms with E-state index in [1.54, 1.807) is 12.1 Å². The van der Waals surface area contributed by atoms with E-state index >= 15 is 0 Å². The third-order valence-corrected chi connectivity index (χ3v) is 4.90. The summed E-state index contributed by atoms with van der Waals surface area (Å²) in [5, 5.41) is 10.7. The molecule has 0 saturated carbocycles. The zero-order chi connectivity index (χ0) is 23.8. The molecule has 13 heteroatoms. The largest absolute Gasteiger partial charge is 0.506 e. The van der Waals surface area contributed by atoms with Gasteiger partial charge in [0, 0.05) is 0 Å². The number of nitrogens with one attached hydrogen (secondary N) is 1. The van der Waals surface area contributed by atoms with Gasteiger partial charge in [0.05, 0.1) is 26.0 Å². The average Bonchev–Trinajstić information content (AvgIpc) is 3.11. The van der Waals surface area contributed by atoms with Gasteiger partial charge in [0.15, 0.2) is 28.8 Å². The van der Waals surface area contributed by atoms with Crippen LogP contribution in [0.25, 0.3) is 22.7 Å². The summed E-state index contributed by atoms with van der Waals surface area (Å²) >= 11 is 0. The standard InChI is InChI=1S/C20H19N7O5S/c1-4-32-14-10-5-7-11(22-14)19-25-18-20(24-17(16(21)23-18)26-33(3,29)30)27(19)15-12(28)8-6-9-13(15)31-2/h6,8-10,28H,4H2,1-3H3,(H2,21,23)(H,24,26). The molecule has 0 amide bonds. The average molecular weight is 469 g/mol. The first-order chi connectivity index (χ1) is 15.7. The lowest BCUT2D eigenvalue weighted by Gasteiger charge is -2.15. The highest BCUT2D eigenvalue weighted by atomic mass is 32.2. The molecule has 0 aliphatic carbocycles. The molecule has 0 unspecified atom stereocenters. The van der Waals surface area contributed by atoms with Crippen LogP contribution in [0.3, 0.4) is 0 Å². The monoisotopic (exact) mass is 469 g/mol. The number of fused-ring (bicyclic) bond motifs is 1. The first-order valence-electron chi connectivity index (χ1n) is 9.55. The molecule has 33 heavy (non-hydrogen) atoms. The number of ether oxygens (including phenoxy) is 2. The Bertz CT molecular complexity index is 1510. The molecule has 3 aromatic rings. The Kier molecular flexibility index (Phi) is 5.52. The maximum absolute atomic E-state index is 11.8. The number of aliphatic imine (C=N–C) groups is 1. The van der Waals surface area contributed by atoms with Crippen LogP contribution in [0.5, 0.6) is 11.5 Å². The van der Waals surface area contributed by atoms with Crippen molar-refractivity contribution in [3.05, 3.63) is 41.6 Å². The van der Waals surface area contributed by atoms with E-state index in [0.29, 0.717) is 6.61 Å². The van der Waals surface area contributed by atoms with E-state index in [0.717, 1.165) is 6.26 Å². The number of hydrogen-bond acceptors (Lipinski definition) is 10. The van der Waals surface area contributed by atoms with Crippen LogP contribution in [0.2, 0.25) is 0 Å². The van der Waals surface area contributed by atoms with Crippen LogP contribution in [0, 0.1) is 0 Å². The Hall–Kier alpha value is -4.31. The van der Waals surface area contributed by atoms with Crippen molar-refractivity contribution in [1.82, 2.24) is 19.5 Å². The Labute approximate surface area is 188 Å². The number of imidazole rings is 1. The number of benzene rings is 1. The smallest absolute Gasteiger partial charge is 0.231 e. The molecule has 1 aliphatic rings. The molecule has 0 atom stereocenters. The number of aromatic nitrogens is 4. The van der Waals surface area contributed by atoms with Crippen molar-refractivity contribution < 1.29 is 23.0 Å². The molecule has 3 heterocycles. The molecule has 12 nitrogen and oxygen atoms in total. The van der Waals surface area contributed by atoms with Crippen LogP contribution in [-0.4, -0.2) is 58.9 Å². The lowest BCUT2D eigenvalue weighted by atomic mass is 10.2. The normalized spacial score (nSPS) is 13.1. The van der Waals surface area contributed by atoms with E-state index in [1.807, 2.05) is 6.92 Å². The second kappa shape index (κ2) is 8.32. The van der Waals surface area contributed by atoms with Gasteiger partial charge in [0.25, 0.3) is 0 Å². The van der Waals surface area contributed by atoms with Gasteiger partial charge in [-0.2, -0.15) is 0 Å². The zero-order valence-electron chi connectivity index (χ0n) is 17.8. The van der Waals surface area contributed by atoms with Crippen LogP contribution >= 0.6 is 0 Å². The summed E-state index contributed by atoms with van der Waals surface area (Å²) in [7, 11) is -2.26. The molecule has 0 fully saturated rings. The maximum Gasteiger partial charge on any atom is 0.231 e. The quantitative estimate of drug-likeness (QED) is 0.454. The summed E-state index contributed by atoms with van der Waals surface area (Å²) in [5.41, 5.74) is 12.1. The first-order valence-corrected chi connectivity index (χ1v) is 11.4. The number of anilines is 2. The fraction of sp³-hybridized carbons (Fsp3) is 0.200. The number of aromatic hydroxyl groups is 1. The van der Waals surface area contributed by atoms with Crippen molar-refractivity contribution in [3.63, 3.8) is 0 Å². The molecule has 0 radical (unpaired) electrons. The van der Waals surface area contributed by atoms with Gasteiger partial charge in [0.1, 0.15) is 17.2 Å². The fourth-order valence-corrected chi connectivity index (χ4v) is 3.59. The number of para-hydroxylation sites is 1. The van der Waals surface area contributed by atoms with Crippen molar-refractivity contribution in [2.75, 3.05) is 30.4 Å². The maximum atomic E-state index is 11.8. The lowest BCUT2D eigenvalue weighted by molar-refractivity contribution is 0.330. The molecule has 0 saturated heterocycles. The van der Waals surface area contributed by atoms with Crippen LogP contribution in [0.1, 0.15) is 12.7 Å². The molecule has 2 aromatic heterocycles. The molecule has 0 spiro atoms. The fourth-order valence-electron chi connectivity index (χ4n) is 3.09. The topological polar surface area (TPSA) is 167 Å². The second-order valence-corrected chi connectivity index (χ2v) is 8.47. The van der Waals surface area contributed by atoms with Gasteiger partial charge in [0.2, 0.25) is 21.6 Å². The van der Waals surface area contributed by atoms with Crippen LogP contribution < -0.4 is 15.2 Å². The van der Waals surface area contributed by atoms with E-state index < -0.39 is 10.0 Å². The van der Waals surface area contributed by atoms with Gasteiger partial charge < -0.3 is 20.3 Å². The SMILES string of the molecule is CCOC1=NC(c2nc3nc(N)c(NS(C)(=O)=O)nc3n2-c2c(O)cccc2OC)=C=C=C1. The van der Waals surface area contributed by atoms with Crippen molar-refractivity contribution in [1.29, 1.82) is 0 Å². The number of sulfonamides is 1. The molecule has 170 valence electrons. The molecule has 1 aliphatic heterocycles. The summed E-state index contributed by atoms with van der Waals surface area (Å²) in [5.74, 6) is 0.207. The summed E-state index contributed by atoms with van der Waals surface area (Å²) in [6.45, 7) is 2.20. The number of phenols is 1. The molecule has 0 bridgehead atoms. The van der Waals surface area contributed by atoms with Crippen molar-refractivity contribution in [2.24, 2.45) is 4.99 Å². The molecule has 4 rings (SSSR count). The summed E-state index contributed by atoms with van der Waals surface area (Å²) < 4.78 is 38.1. The summed E-state index contributed by atoms with van der Waals surface area (Å²) in [4.78, 5) is 17.4. The van der Waals surface area contributed by atoms with Gasteiger partial charge in [-0.25, -0.2) is 28.4 Å². The third kappa shape index (κ3) is 4.23. The Balaban J connectivity index is 2.08. The van der Waals surface area contributed by atoms with E-state index in [4.69, 9.17) is 15.2 Å². The zero-order valence-corrected chi connectivity index (χ0v) is 18.6. The Morgan fingerprint density at radius 2 is 2.06 bits per heavy atom. The second-order valence-electron chi connectivity index (χ2n) is 6.72. The molecular weight excluding hydrogens is 450 g/mol. The Morgan fingerprint density at radius 3 is 2.76 bits per heavy atom. The number of methoxy groups -OCH3 is 1. The minimum absolute atomic E-state index is 0.0730. The van der Waals surface area contributed by atoms with Crippen LogP contribution in [0.15, 0.2) is 40.7 Å². The molecule has 1 aromatic carbocycles. The number of nitrogens with zero attached hydrogens (tertiary/aromatic N) is 5. The lowest BCUT2D eigenvalue weighted by Crippen LogP contribution is -2.14. The third-order valence-electron chi connectivity index (χ3n) is 4.34. The number of nitrogens with two attached hydrogens (primary N) is 1. The van der Waals surface area contributed by atoms with Gasteiger partial charge in [-0.3, -0.25) is 9.29 Å². The van der Waals surface area contributed by atoms with Gasteiger partial charge in [-0.15, -0.1) is 0 Å². The minimum atomic E-state index is -3.70. The number of rotatable bonds is 6. The predicted molar refractivity (Wildman–Crippen MR) is 122 cm³/mol. The molecule has 4 N–H and O–H groups in total. The number of hydrogen-bond donors (Lipinski definition) is 3. The highest BCUT2D eigenvalue weighted by Gasteiger charge is 2.25. The van der Waals surface area contributed by atoms with Gasteiger partial charge in [-0.05, 0) is 24.8 Å². The predicted octanol–water partition coefficient (Wildman–Crippen LogP) is 1.58. The Morgan fingerprint density at radius 1 is 1.27 bits per heavy atom. The molecular formula is C20H19N7O5S. The van der Waals surface area contributed by atoms with E-state index in [9.17, 15) is 13.5 Å². The number of phenolic OH excluding ortho intramolecular Hbond substituents is 1. The summed E-state index contributed by atoms with van der Waals surface area (Å²) in [6.07, 6.45) is 2.48. The van der Waals surface area contributed by atoms with E-state index in [1.165, 1.54) is 23.8 Å². The van der Waals surface area contributed by atoms with Crippen molar-refractivity contribution in [2.45, 2.75) is 6.92 Å². The first kappa shape index (κ1) is 21.9. The van der Waals surface area contributed by atoms with Crippen molar-refractivity contribution in [3.8, 4) is 17.2 Å². The van der Waals surface area contributed by atoms with Gasteiger partial charge in [-0.1, -0.05) is 11.8 Å². The van der Waals surface area contributed by atoms with E-state index in [-0.39, 0.29) is 57.5 Å². The summed E-state index contributed by atoms with van der Waals surface area (Å²) in [6, 6.07) is 4.68. The van der Waals surface area contributed by atoms with Crippen molar-refractivity contribution >= 4 is 44.5 Å². The highest BCUT2D eigenvalue weighted by Crippen LogP contribution is 2.37. The van der Waals surface area contributed by atoms with Crippen LogP contribution in [-0.2, 0) is 14.8 Å². The number of nitrogen functional groups attached to an aromatic ring is 1.